The quantitative estimate of drug-likeness (QED) is 0.0902. The third kappa shape index (κ3) is 10.4. The maximum absolute atomic E-state index is 7.02. The summed E-state index contributed by atoms with van der Waals surface area (Å²) in [5.41, 5.74) is 15.1. The lowest BCUT2D eigenvalue weighted by atomic mass is 9.91. The van der Waals surface area contributed by atoms with Crippen molar-refractivity contribution in [2.75, 3.05) is 9.80 Å². The van der Waals surface area contributed by atoms with Crippen molar-refractivity contribution in [3.8, 4) is 0 Å². The first-order chi connectivity index (χ1) is 35.4. The van der Waals surface area contributed by atoms with Crippen molar-refractivity contribution in [2.45, 2.75) is 123 Å². The minimum absolute atomic E-state index is 0.327. The van der Waals surface area contributed by atoms with Gasteiger partial charge in [-0.2, -0.15) is 0 Å². The van der Waals surface area contributed by atoms with Crippen molar-refractivity contribution in [3.63, 3.8) is 0 Å². The third-order valence-electron chi connectivity index (χ3n) is 13.3. The molecule has 0 spiro atoms. The van der Waals surface area contributed by atoms with Crippen LogP contribution in [0.3, 0.4) is 0 Å². The van der Waals surface area contributed by atoms with Crippen molar-refractivity contribution in [1.82, 2.24) is 0 Å². The second kappa shape index (κ2) is 23.5. The summed E-state index contributed by atoms with van der Waals surface area (Å²) in [4.78, 5) is 4.84. The van der Waals surface area contributed by atoms with Crippen molar-refractivity contribution in [1.29, 1.82) is 0 Å². The predicted octanol–water partition coefficient (Wildman–Crippen LogP) is 22.5. The van der Waals surface area contributed by atoms with Crippen LogP contribution in [0.25, 0.3) is 71.3 Å². The summed E-state index contributed by atoms with van der Waals surface area (Å²) in [5, 5.41) is 10.6. The molecule has 2 aromatic heterocycles. The Labute approximate surface area is 436 Å². The van der Waals surface area contributed by atoms with E-state index in [0.717, 1.165) is 84.8 Å². The molecule has 0 fully saturated rings. The van der Waals surface area contributed by atoms with Gasteiger partial charge in [0.2, 0.25) is 0 Å². The minimum atomic E-state index is 0.327. The highest BCUT2D eigenvalue weighted by molar-refractivity contribution is 6.28. The van der Waals surface area contributed by atoms with Gasteiger partial charge in [0.15, 0.2) is 11.2 Å². The normalized spacial score (nSPS) is 12.2. The fourth-order valence-electron chi connectivity index (χ4n) is 10.5. The molecule has 0 N–H and O–H groups in total. The Hall–Kier alpha value is -7.30. The summed E-state index contributed by atoms with van der Waals surface area (Å²) in [6, 6.07) is 45.0. The zero-order valence-corrected chi connectivity index (χ0v) is 46.6. The van der Waals surface area contributed by atoms with Gasteiger partial charge in [-0.3, -0.25) is 0 Å². The van der Waals surface area contributed by atoms with E-state index in [1.165, 1.54) is 54.6 Å². The lowest BCUT2D eigenvalue weighted by Gasteiger charge is -2.30. The molecule has 0 aliphatic carbocycles. The molecule has 0 aliphatic rings. The second-order valence-electron chi connectivity index (χ2n) is 19.1. The van der Waals surface area contributed by atoms with Gasteiger partial charge < -0.3 is 18.6 Å². The average Bonchev–Trinajstić information content (AvgIpc) is 3.94. The number of benzene rings is 8. The highest BCUT2D eigenvalue weighted by atomic mass is 16.3. The number of hydrogen-bond donors (Lipinski definition) is 0. The molecule has 0 atom stereocenters. The van der Waals surface area contributed by atoms with Crippen LogP contribution in [0.15, 0.2) is 172 Å². The smallest absolute Gasteiger partial charge is 0.159 e. The van der Waals surface area contributed by atoms with E-state index >= 15 is 0 Å². The number of anilines is 5. The first-order valence-corrected chi connectivity index (χ1v) is 27.0. The molecule has 376 valence electrons. The van der Waals surface area contributed by atoms with E-state index in [1.54, 1.807) is 0 Å². The van der Waals surface area contributed by atoms with E-state index in [1.807, 2.05) is 41.5 Å². The van der Waals surface area contributed by atoms with E-state index in [-0.39, 0.29) is 0 Å². The van der Waals surface area contributed by atoms with Gasteiger partial charge in [-0.25, -0.2) is 0 Å². The van der Waals surface area contributed by atoms with Crippen LogP contribution in [0.1, 0.15) is 130 Å². The van der Waals surface area contributed by atoms with Crippen molar-refractivity contribution >= 4 is 99.7 Å². The highest BCUT2D eigenvalue weighted by Gasteiger charge is 2.26. The number of aryl methyl sites for hydroxylation is 3. The van der Waals surface area contributed by atoms with E-state index in [0.29, 0.717) is 11.8 Å². The topological polar surface area (TPSA) is 32.8 Å². The van der Waals surface area contributed by atoms with Gasteiger partial charge in [-0.1, -0.05) is 197 Å². The largest absolute Gasteiger partial charge is 0.459 e. The van der Waals surface area contributed by atoms with Crippen LogP contribution >= 0.6 is 0 Å². The summed E-state index contributed by atoms with van der Waals surface area (Å²) in [6.45, 7) is 33.9. The molecular formula is C69H78N2O2. The molecule has 0 aliphatic heterocycles. The van der Waals surface area contributed by atoms with Gasteiger partial charge in [0.05, 0.1) is 22.7 Å². The van der Waals surface area contributed by atoms with Crippen LogP contribution in [0.5, 0.6) is 0 Å². The second-order valence-corrected chi connectivity index (χ2v) is 19.1. The van der Waals surface area contributed by atoms with Crippen LogP contribution in [0.4, 0.5) is 28.4 Å². The number of nitrogens with zero attached hydrogens (tertiary/aromatic N) is 2. The molecule has 0 amide bonds. The molecule has 0 unspecified atom stereocenters. The van der Waals surface area contributed by atoms with Gasteiger partial charge in [0.1, 0.15) is 11.3 Å². The summed E-state index contributed by atoms with van der Waals surface area (Å²) in [5.74, 6) is 1.70. The van der Waals surface area contributed by atoms with Crippen LogP contribution in [0, 0.1) is 26.7 Å². The number of para-hydroxylation sites is 3. The highest BCUT2D eigenvalue weighted by Crippen LogP contribution is 2.50. The zero-order chi connectivity index (χ0) is 52.7. The first-order valence-electron chi connectivity index (χ1n) is 27.0. The third-order valence-corrected chi connectivity index (χ3v) is 13.3. The molecule has 4 heteroatoms. The lowest BCUT2D eigenvalue weighted by molar-refractivity contribution is 0.578. The Morgan fingerprint density at radius 2 is 1.10 bits per heavy atom. The monoisotopic (exact) mass is 967 g/mol. The SMILES string of the molecule is CC.CC.CC.CC/C=C(C)\C=C(/C)N(c1ccc2ccc3c(N(c4cc(C)cc(C)c4)c4cccc5c(/C=C\C=C\C(C)C)c(C)oc45)ccc4ccc1c2c43)c1cccc2c1oc1c(C(C)C)cccc12. The predicted molar refractivity (Wildman–Crippen MR) is 324 cm³/mol. The molecule has 0 bridgehead atoms. The Bertz CT molecular complexity index is 3620. The van der Waals surface area contributed by atoms with Gasteiger partial charge >= 0.3 is 0 Å². The van der Waals surface area contributed by atoms with Gasteiger partial charge in [0.25, 0.3) is 0 Å². The Kier molecular flexibility index (Phi) is 17.2. The molecule has 0 radical (unpaired) electrons. The number of furan rings is 2. The van der Waals surface area contributed by atoms with Crippen LogP contribution in [0.2, 0.25) is 0 Å². The van der Waals surface area contributed by atoms with Gasteiger partial charge in [-0.15, -0.1) is 0 Å². The van der Waals surface area contributed by atoms with Crippen molar-refractivity contribution < 1.29 is 8.83 Å². The number of fused-ring (bicyclic) bond motifs is 4. The fourth-order valence-corrected chi connectivity index (χ4v) is 10.5. The van der Waals surface area contributed by atoms with Crippen molar-refractivity contribution in [2.24, 2.45) is 5.92 Å². The fraction of sp³-hybridized carbons (Fsp3) is 0.275. The molecule has 10 aromatic rings. The summed E-state index contributed by atoms with van der Waals surface area (Å²) in [7, 11) is 0. The van der Waals surface area contributed by atoms with Gasteiger partial charge in [-0.05, 0) is 134 Å². The molecular weight excluding hydrogens is 889 g/mol. The average molecular weight is 967 g/mol. The summed E-state index contributed by atoms with van der Waals surface area (Å²) < 4.78 is 13.8. The van der Waals surface area contributed by atoms with Gasteiger partial charge in [0, 0.05) is 43.9 Å². The van der Waals surface area contributed by atoms with E-state index < -0.39 is 0 Å². The Morgan fingerprint density at radius 3 is 1.71 bits per heavy atom. The number of hydrogen-bond acceptors (Lipinski definition) is 4. The Morgan fingerprint density at radius 1 is 0.548 bits per heavy atom. The van der Waals surface area contributed by atoms with E-state index in [9.17, 15) is 0 Å². The molecule has 0 saturated heterocycles. The number of rotatable bonds is 12. The molecule has 8 aromatic carbocycles. The lowest BCUT2D eigenvalue weighted by Crippen LogP contribution is -2.15. The molecule has 0 saturated carbocycles. The zero-order valence-electron chi connectivity index (χ0n) is 46.6. The van der Waals surface area contributed by atoms with E-state index in [2.05, 4.69) is 237 Å². The molecule has 73 heavy (non-hydrogen) atoms. The van der Waals surface area contributed by atoms with Crippen LogP contribution < -0.4 is 9.80 Å². The first kappa shape index (κ1) is 53.5. The molecule has 2 heterocycles. The Balaban J connectivity index is 0.00000126. The summed E-state index contributed by atoms with van der Waals surface area (Å²) in [6.07, 6.45) is 14.2. The van der Waals surface area contributed by atoms with E-state index in [4.69, 9.17) is 8.83 Å². The number of allylic oxidation sites excluding steroid dienone is 7. The maximum atomic E-state index is 7.02. The van der Waals surface area contributed by atoms with Crippen LogP contribution in [-0.4, -0.2) is 0 Å². The van der Waals surface area contributed by atoms with Crippen molar-refractivity contribution in [3.05, 3.63) is 191 Å². The maximum Gasteiger partial charge on any atom is 0.159 e. The summed E-state index contributed by atoms with van der Waals surface area (Å²) >= 11 is 0. The molecule has 4 nitrogen and oxygen atoms in total. The molecule has 10 rings (SSSR count). The van der Waals surface area contributed by atoms with Crippen LogP contribution in [-0.2, 0) is 0 Å². The standard InChI is InChI=1S/C63H60N2O2.3C2H6/c1-11-17-40(6)35-43(9)64(57-24-16-23-52-51-21-14-20-48(39(4)5)61(51)67-63(52)57)55-32-28-45-27-31-54-56(33-29-46-26-30-53(55)59(45)60(46)54)65(47-36-41(7)34-42(8)37-47)58-25-15-22-50-49(44(10)66-62(50)58)19-13-12-18-38(2)3;3*1-2/h12-39H,11H2,1-10H3;3*1-2H3/b18-12+,19-13-,40-17-,43-35+;;;. The minimum Gasteiger partial charge on any atom is -0.459 e.